The third-order valence-corrected chi connectivity index (χ3v) is 7.72. The van der Waals surface area contributed by atoms with Gasteiger partial charge >= 0.3 is 0 Å². The van der Waals surface area contributed by atoms with E-state index in [2.05, 4.69) is 0 Å². The minimum Gasteiger partial charge on any atom is -0.507 e. The number of phenolic OH excluding ortho intramolecular Hbond substituents is 2. The van der Waals surface area contributed by atoms with E-state index in [4.69, 9.17) is 28.4 Å². The molecule has 0 amide bonds. The number of aromatic hydroxyl groups is 2. The van der Waals surface area contributed by atoms with E-state index in [1.807, 2.05) is 0 Å². The van der Waals surface area contributed by atoms with E-state index in [-0.39, 0.29) is 59.8 Å². The van der Waals surface area contributed by atoms with Crippen LogP contribution in [-0.2, 0) is 14.2 Å². The van der Waals surface area contributed by atoms with Gasteiger partial charge in [-0.15, -0.1) is 24.8 Å². The molecule has 252 valence electrons. The van der Waals surface area contributed by atoms with Gasteiger partial charge in [-0.1, -0.05) is 6.07 Å². The Kier molecular flexibility index (Phi) is 12.1. The van der Waals surface area contributed by atoms with Crippen molar-refractivity contribution >= 4 is 30.6 Å². The number of carbonyl (C=O) groups excluding carboxylic acids is 1. The molecule has 3 aliphatic heterocycles. The maximum absolute atomic E-state index is 13.0. The number of hydrogen-bond donors (Lipinski definition) is 8. The van der Waals surface area contributed by atoms with Crippen LogP contribution in [0, 0.1) is 0 Å². The number of carbonyl (C=O) groups is 1. The number of benzene rings is 2. The average molecular weight is 683 g/mol. The molecular weight excluding hydrogens is 647 g/mol. The SMILES string of the molecule is COc1ccc([C@@H]2CC(=O)c3c(O)cc(O[C@@H]4O[C@H](CO)[C@@H](O)[C@H](O)[C@H]4O[C@@H]4O[C@@H](C)[C@H](O)C(O)[C@H]4O)cc3O2)cc1O.Cl.Cl. The molecule has 3 heterocycles. The van der Waals surface area contributed by atoms with Crippen LogP contribution in [0.15, 0.2) is 30.3 Å². The van der Waals surface area contributed by atoms with Crippen molar-refractivity contribution in [3.63, 3.8) is 0 Å². The quantitative estimate of drug-likeness (QED) is 0.187. The molecule has 0 bridgehead atoms. The van der Waals surface area contributed by atoms with Crippen molar-refractivity contribution < 1.29 is 74.1 Å². The van der Waals surface area contributed by atoms with Gasteiger partial charge in [0, 0.05) is 12.1 Å². The smallest absolute Gasteiger partial charge is 0.229 e. The molecule has 2 fully saturated rings. The number of phenols is 2. The molecule has 0 saturated carbocycles. The van der Waals surface area contributed by atoms with Gasteiger partial charge in [-0.25, -0.2) is 0 Å². The fraction of sp³-hybridized carbons (Fsp3) is 0.536. The summed E-state index contributed by atoms with van der Waals surface area (Å²) >= 11 is 0. The van der Waals surface area contributed by atoms with E-state index in [0.29, 0.717) is 5.56 Å². The fourth-order valence-corrected chi connectivity index (χ4v) is 5.29. The Bertz CT molecular complexity index is 1330. The predicted octanol–water partition coefficient (Wildman–Crippen LogP) is -0.313. The lowest BCUT2D eigenvalue weighted by atomic mass is 9.95. The van der Waals surface area contributed by atoms with Crippen LogP contribution in [0.2, 0.25) is 0 Å². The molecular formula is C28H36Cl2O15. The second-order valence-corrected chi connectivity index (χ2v) is 10.6. The van der Waals surface area contributed by atoms with Crippen molar-refractivity contribution in [3.05, 3.63) is 41.5 Å². The Morgan fingerprint density at radius 3 is 2.22 bits per heavy atom. The molecule has 2 aromatic carbocycles. The first kappa shape index (κ1) is 36.8. The molecule has 5 rings (SSSR count). The molecule has 11 atom stereocenters. The number of aliphatic hydroxyl groups is 6. The summed E-state index contributed by atoms with van der Waals surface area (Å²) in [4.78, 5) is 13.0. The van der Waals surface area contributed by atoms with E-state index < -0.39 is 85.7 Å². The Labute approximate surface area is 269 Å². The highest BCUT2D eigenvalue weighted by molar-refractivity contribution is 6.02. The molecule has 3 aliphatic rings. The number of halogens is 2. The highest BCUT2D eigenvalue weighted by atomic mass is 35.5. The standard InChI is InChI=1S/C28H34O15.2ClH/c1-10-21(33)23(35)25(37)27(39-10)43-26-24(36)22(34)19(9-29)42-28(26)40-12-6-14(31)20-15(32)8-17(41-18(20)7-12)11-3-4-16(38-2)13(30)5-11;;/h3-7,10,17,19,21-31,33-37H,8-9H2,1-2H3;2*1H/t10-,17-,19+,21-,22+,23?,24-,25+,26+,27-,28+;;/m0../s1. The van der Waals surface area contributed by atoms with Crippen LogP contribution in [0.3, 0.4) is 0 Å². The molecule has 2 saturated heterocycles. The third kappa shape index (κ3) is 7.18. The van der Waals surface area contributed by atoms with Gasteiger partial charge in [-0.05, 0) is 24.6 Å². The zero-order valence-corrected chi connectivity index (χ0v) is 25.5. The van der Waals surface area contributed by atoms with Gasteiger partial charge in [0.1, 0.15) is 65.5 Å². The highest BCUT2D eigenvalue weighted by Gasteiger charge is 2.51. The fourth-order valence-electron chi connectivity index (χ4n) is 5.29. The topological polar surface area (TPSA) is 234 Å². The van der Waals surface area contributed by atoms with E-state index in [9.17, 15) is 45.6 Å². The van der Waals surface area contributed by atoms with Gasteiger partial charge in [0.05, 0.1) is 26.2 Å². The Morgan fingerprint density at radius 1 is 0.867 bits per heavy atom. The highest BCUT2D eigenvalue weighted by Crippen LogP contribution is 2.43. The number of aliphatic hydroxyl groups excluding tert-OH is 6. The van der Waals surface area contributed by atoms with Gasteiger partial charge in [0.25, 0.3) is 0 Å². The third-order valence-electron chi connectivity index (χ3n) is 7.72. The normalized spacial score (nSPS) is 34.4. The summed E-state index contributed by atoms with van der Waals surface area (Å²) in [5.74, 6) is -1.06. The van der Waals surface area contributed by atoms with Crippen LogP contribution in [0.1, 0.15) is 35.4 Å². The number of hydrogen-bond acceptors (Lipinski definition) is 15. The second-order valence-electron chi connectivity index (χ2n) is 10.6. The van der Waals surface area contributed by atoms with E-state index in [0.717, 1.165) is 6.07 Å². The molecule has 0 spiro atoms. The summed E-state index contributed by atoms with van der Waals surface area (Å²) in [7, 11) is 1.39. The lowest BCUT2D eigenvalue weighted by molar-refractivity contribution is -0.354. The molecule has 1 unspecified atom stereocenters. The van der Waals surface area contributed by atoms with E-state index in [1.165, 1.54) is 32.2 Å². The molecule has 2 aromatic rings. The molecule has 0 aromatic heterocycles. The first-order chi connectivity index (χ1) is 20.4. The maximum atomic E-state index is 13.0. The second kappa shape index (κ2) is 14.8. The lowest BCUT2D eigenvalue weighted by Gasteiger charge is -2.45. The summed E-state index contributed by atoms with van der Waals surface area (Å²) in [6.07, 6.45) is -16.3. The van der Waals surface area contributed by atoms with Crippen molar-refractivity contribution in [2.45, 2.75) is 80.9 Å². The number of Topliss-reactive ketones (excluding diaryl/α,β-unsaturated/α-hetero) is 1. The van der Waals surface area contributed by atoms with Crippen LogP contribution in [-0.4, -0.2) is 122 Å². The van der Waals surface area contributed by atoms with Gasteiger partial charge in [-0.2, -0.15) is 0 Å². The van der Waals surface area contributed by atoms with Crippen molar-refractivity contribution in [2.75, 3.05) is 13.7 Å². The van der Waals surface area contributed by atoms with Crippen molar-refractivity contribution in [2.24, 2.45) is 0 Å². The number of rotatable bonds is 7. The van der Waals surface area contributed by atoms with Gasteiger partial charge < -0.3 is 69.3 Å². The van der Waals surface area contributed by atoms with Crippen LogP contribution in [0.25, 0.3) is 0 Å². The molecule has 0 radical (unpaired) electrons. The zero-order chi connectivity index (χ0) is 31.2. The van der Waals surface area contributed by atoms with Crippen LogP contribution < -0.4 is 14.2 Å². The molecule has 17 heteroatoms. The summed E-state index contributed by atoms with van der Waals surface area (Å²) in [6, 6.07) is 6.89. The molecule has 15 nitrogen and oxygen atoms in total. The minimum absolute atomic E-state index is 0. The number of ketones is 1. The predicted molar refractivity (Wildman–Crippen MR) is 155 cm³/mol. The number of ether oxygens (including phenoxy) is 6. The van der Waals surface area contributed by atoms with Crippen molar-refractivity contribution in [3.8, 4) is 28.7 Å². The number of methoxy groups -OCH3 is 1. The first-order valence-electron chi connectivity index (χ1n) is 13.5. The Balaban J connectivity index is 0.00000276. The van der Waals surface area contributed by atoms with Crippen LogP contribution in [0.4, 0.5) is 0 Å². The van der Waals surface area contributed by atoms with Gasteiger partial charge in [0.15, 0.2) is 29.7 Å². The Hall–Kier alpha value is -2.67. The zero-order valence-electron chi connectivity index (χ0n) is 23.9. The molecule has 0 aliphatic carbocycles. The monoisotopic (exact) mass is 682 g/mol. The summed E-state index contributed by atoms with van der Waals surface area (Å²) in [5, 5.41) is 82.4. The first-order valence-corrected chi connectivity index (χ1v) is 13.5. The Morgan fingerprint density at radius 2 is 1.58 bits per heavy atom. The van der Waals surface area contributed by atoms with E-state index in [1.54, 1.807) is 6.07 Å². The maximum Gasteiger partial charge on any atom is 0.229 e. The molecule has 45 heavy (non-hydrogen) atoms. The van der Waals surface area contributed by atoms with Crippen molar-refractivity contribution in [1.29, 1.82) is 0 Å². The average Bonchev–Trinajstić information content (AvgIpc) is 2.97. The van der Waals surface area contributed by atoms with Gasteiger partial charge in [0.2, 0.25) is 6.29 Å². The molecule has 8 N–H and O–H groups in total. The number of fused-ring (bicyclic) bond motifs is 1. The van der Waals surface area contributed by atoms with Gasteiger partial charge in [-0.3, -0.25) is 4.79 Å². The van der Waals surface area contributed by atoms with Crippen LogP contribution in [0.5, 0.6) is 28.7 Å². The summed E-state index contributed by atoms with van der Waals surface area (Å²) < 4.78 is 33.7. The largest absolute Gasteiger partial charge is 0.507 e. The van der Waals surface area contributed by atoms with Crippen LogP contribution >= 0.6 is 24.8 Å². The van der Waals surface area contributed by atoms with E-state index >= 15 is 0 Å². The van der Waals surface area contributed by atoms with Crippen molar-refractivity contribution in [1.82, 2.24) is 0 Å². The summed E-state index contributed by atoms with van der Waals surface area (Å²) in [5.41, 5.74) is 0.352. The summed E-state index contributed by atoms with van der Waals surface area (Å²) in [6.45, 7) is 0.699. The minimum atomic E-state index is -1.76. The lowest BCUT2D eigenvalue weighted by Crippen LogP contribution is -2.64.